The number of para-hydroxylation sites is 2. The van der Waals surface area contributed by atoms with Gasteiger partial charge in [-0.3, -0.25) is 0 Å². The fourth-order valence-corrected chi connectivity index (χ4v) is 2.01. The molecule has 1 aliphatic rings. The van der Waals surface area contributed by atoms with Crippen molar-refractivity contribution in [2.45, 2.75) is 13.0 Å². The molecule has 1 aliphatic heterocycles. The van der Waals surface area contributed by atoms with Crippen LogP contribution >= 0.6 is 0 Å². The number of hydrogen-bond acceptors (Lipinski definition) is 3. The number of rotatable bonds is 1. The lowest BCUT2D eigenvalue weighted by molar-refractivity contribution is 0.106. The van der Waals surface area contributed by atoms with Gasteiger partial charge in [-0.2, -0.15) is 5.10 Å². The maximum Gasteiger partial charge on any atom is 0.0892 e. The molecule has 0 spiro atoms. The molecule has 0 aliphatic carbocycles. The van der Waals surface area contributed by atoms with Gasteiger partial charge in [0.05, 0.1) is 36.5 Å². The van der Waals surface area contributed by atoms with Gasteiger partial charge in [-0.25, -0.2) is 4.68 Å². The zero-order valence-corrected chi connectivity index (χ0v) is 8.89. The number of nitrogens with zero attached hydrogens (tertiary/aromatic N) is 2. The Kier molecular flexibility index (Phi) is 2.15. The maximum absolute atomic E-state index is 5.94. The summed E-state index contributed by atoms with van der Waals surface area (Å²) >= 11 is 0. The lowest BCUT2D eigenvalue weighted by atomic mass is 10.1. The second-order valence-corrected chi connectivity index (χ2v) is 3.89. The van der Waals surface area contributed by atoms with Crippen LogP contribution < -0.4 is 5.73 Å². The van der Waals surface area contributed by atoms with Gasteiger partial charge in [-0.15, -0.1) is 0 Å². The Morgan fingerprint density at radius 2 is 2.19 bits per heavy atom. The van der Waals surface area contributed by atoms with Crippen molar-refractivity contribution >= 4 is 5.69 Å². The van der Waals surface area contributed by atoms with E-state index in [9.17, 15) is 0 Å². The number of ether oxygens (including phenoxy) is 1. The molecule has 2 aromatic rings. The molecular weight excluding hydrogens is 202 g/mol. The zero-order chi connectivity index (χ0) is 11.0. The van der Waals surface area contributed by atoms with Crippen molar-refractivity contribution in [1.29, 1.82) is 0 Å². The van der Waals surface area contributed by atoms with E-state index in [1.165, 1.54) is 5.56 Å². The van der Waals surface area contributed by atoms with Gasteiger partial charge in [0.25, 0.3) is 0 Å². The molecule has 4 heteroatoms. The first-order valence-electron chi connectivity index (χ1n) is 5.34. The van der Waals surface area contributed by atoms with Crippen LogP contribution in [0, 0.1) is 0 Å². The highest BCUT2D eigenvalue weighted by Crippen LogP contribution is 2.23. The summed E-state index contributed by atoms with van der Waals surface area (Å²) in [5, 5.41) is 4.39. The van der Waals surface area contributed by atoms with E-state index in [4.69, 9.17) is 10.5 Å². The number of fused-ring (bicyclic) bond motifs is 1. The topological polar surface area (TPSA) is 53.1 Å². The summed E-state index contributed by atoms with van der Waals surface area (Å²) in [5.74, 6) is 0. The maximum atomic E-state index is 5.94. The molecule has 0 fully saturated rings. The Labute approximate surface area is 93.6 Å². The van der Waals surface area contributed by atoms with Crippen LogP contribution in [0.5, 0.6) is 0 Å². The van der Waals surface area contributed by atoms with Crippen LogP contribution in [-0.2, 0) is 17.8 Å². The number of aromatic nitrogens is 2. The lowest BCUT2D eigenvalue weighted by Gasteiger charge is -2.15. The summed E-state index contributed by atoms with van der Waals surface area (Å²) in [6.07, 6.45) is 2.84. The Balaban J connectivity index is 2.13. The van der Waals surface area contributed by atoms with Gasteiger partial charge < -0.3 is 10.5 Å². The normalized spacial score (nSPS) is 14.8. The van der Waals surface area contributed by atoms with Crippen LogP contribution in [-0.4, -0.2) is 16.4 Å². The van der Waals surface area contributed by atoms with Crippen molar-refractivity contribution in [1.82, 2.24) is 9.78 Å². The minimum absolute atomic E-state index is 0.615. The molecule has 0 radical (unpaired) electrons. The van der Waals surface area contributed by atoms with Crippen LogP contribution in [0.3, 0.4) is 0 Å². The number of nitrogen functional groups attached to an aromatic ring is 1. The molecule has 2 heterocycles. The van der Waals surface area contributed by atoms with E-state index >= 15 is 0 Å². The van der Waals surface area contributed by atoms with Gasteiger partial charge >= 0.3 is 0 Å². The first kappa shape index (κ1) is 9.42. The molecule has 0 amide bonds. The molecular formula is C12H13N3O. The second-order valence-electron chi connectivity index (χ2n) is 3.89. The van der Waals surface area contributed by atoms with E-state index in [-0.39, 0.29) is 0 Å². The molecule has 4 nitrogen and oxygen atoms in total. The Bertz CT molecular complexity index is 519. The summed E-state index contributed by atoms with van der Waals surface area (Å²) < 4.78 is 7.33. The minimum atomic E-state index is 0.615. The summed E-state index contributed by atoms with van der Waals surface area (Å²) in [4.78, 5) is 0. The zero-order valence-electron chi connectivity index (χ0n) is 8.89. The molecule has 2 N–H and O–H groups in total. The quantitative estimate of drug-likeness (QED) is 0.734. The van der Waals surface area contributed by atoms with E-state index in [0.29, 0.717) is 6.61 Å². The van der Waals surface area contributed by atoms with Crippen molar-refractivity contribution in [3.63, 3.8) is 0 Å². The van der Waals surface area contributed by atoms with Gasteiger partial charge in [0.1, 0.15) is 0 Å². The standard InChI is InChI=1S/C12H13N3O/c13-10-3-1-2-4-11(10)15-12-8-16-6-5-9(12)7-14-15/h1-4,7H,5-6,8,13H2. The molecule has 16 heavy (non-hydrogen) atoms. The predicted molar refractivity (Wildman–Crippen MR) is 61.3 cm³/mol. The molecule has 82 valence electrons. The molecule has 1 aromatic heterocycles. The lowest BCUT2D eigenvalue weighted by Crippen LogP contribution is -2.13. The third-order valence-electron chi connectivity index (χ3n) is 2.87. The monoisotopic (exact) mass is 215 g/mol. The Morgan fingerprint density at radius 1 is 1.31 bits per heavy atom. The van der Waals surface area contributed by atoms with Crippen LogP contribution in [0.4, 0.5) is 5.69 Å². The van der Waals surface area contributed by atoms with Crippen molar-refractivity contribution < 1.29 is 4.74 Å². The van der Waals surface area contributed by atoms with E-state index in [0.717, 1.165) is 30.1 Å². The van der Waals surface area contributed by atoms with Crippen LogP contribution in [0.1, 0.15) is 11.3 Å². The van der Waals surface area contributed by atoms with Gasteiger partial charge in [0.15, 0.2) is 0 Å². The third-order valence-corrected chi connectivity index (χ3v) is 2.87. The fourth-order valence-electron chi connectivity index (χ4n) is 2.01. The molecule has 1 aromatic carbocycles. The average molecular weight is 215 g/mol. The Hall–Kier alpha value is -1.81. The van der Waals surface area contributed by atoms with Crippen molar-refractivity contribution in [2.24, 2.45) is 0 Å². The molecule has 0 atom stereocenters. The van der Waals surface area contributed by atoms with Gasteiger partial charge in [-0.05, 0) is 24.1 Å². The third kappa shape index (κ3) is 1.39. The second kappa shape index (κ2) is 3.64. The van der Waals surface area contributed by atoms with Gasteiger partial charge in [-0.1, -0.05) is 12.1 Å². The summed E-state index contributed by atoms with van der Waals surface area (Å²) in [6, 6.07) is 7.74. The summed E-state index contributed by atoms with van der Waals surface area (Å²) in [6.45, 7) is 1.40. The highest BCUT2D eigenvalue weighted by atomic mass is 16.5. The number of nitrogens with two attached hydrogens (primary N) is 1. The molecule has 3 rings (SSSR count). The first-order valence-corrected chi connectivity index (χ1v) is 5.34. The minimum Gasteiger partial charge on any atom is -0.397 e. The van der Waals surface area contributed by atoms with Crippen LogP contribution in [0.25, 0.3) is 5.69 Å². The number of benzene rings is 1. The van der Waals surface area contributed by atoms with Gasteiger partial charge in [0, 0.05) is 0 Å². The average Bonchev–Trinajstić information content (AvgIpc) is 2.74. The van der Waals surface area contributed by atoms with E-state index < -0.39 is 0 Å². The molecule has 0 unspecified atom stereocenters. The predicted octanol–water partition coefficient (Wildman–Crippen LogP) is 1.53. The fraction of sp³-hybridized carbons (Fsp3) is 0.250. The van der Waals surface area contributed by atoms with Gasteiger partial charge in [0.2, 0.25) is 0 Å². The molecule has 0 saturated heterocycles. The highest BCUT2D eigenvalue weighted by Gasteiger charge is 2.17. The Morgan fingerprint density at radius 3 is 3.06 bits per heavy atom. The molecule has 0 bridgehead atoms. The molecule has 0 saturated carbocycles. The summed E-state index contributed by atoms with van der Waals surface area (Å²) in [5.41, 5.74) is 9.98. The SMILES string of the molecule is Nc1ccccc1-n1ncc2c1COCC2. The van der Waals surface area contributed by atoms with E-state index in [1.807, 2.05) is 35.1 Å². The van der Waals surface area contributed by atoms with Crippen molar-refractivity contribution in [3.05, 3.63) is 41.7 Å². The van der Waals surface area contributed by atoms with Crippen LogP contribution in [0.15, 0.2) is 30.5 Å². The summed E-state index contributed by atoms with van der Waals surface area (Å²) in [7, 11) is 0. The van der Waals surface area contributed by atoms with E-state index in [1.54, 1.807) is 0 Å². The smallest absolute Gasteiger partial charge is 0.0892 e. The van der Waals surface area contributed by atoms with Crippen LogP contribution in [0.2, 0.25) is 0 Å². The van der Waals surface area contributed by atoms with Crippen molar-refractivity contribution in [2.75, 3.05) is 12.3 Å². The number of anilines is 1. The highest BCUT2D eigenvalue weighted by molar-refractivity contribution is 5.57. The van der Waals surface area contributed by atoms with E-state index in [2.05, 4.69) is 5.10 Å². The van der Waals surface area contributed by atoms with Crippen molar-refractivity contribution in [3.8, 4) is 5.69 Å². The number of hydrogen-bond donors (Lipinski definition) is 1. The largest absolute Gasteiger partial charge is 0.397 e. The first-order chi connectivity index (χ1) is 7.86.